The fraction of sp³-hybridized carbons (Fsp3) is 0.300. The van der Waals surface area contributed by atoms with Crippen LogP contribution in [-0.4, -0.2) is 46.2 Å². The Bertz CT molecular complexity index is 898. The highest BCUT2D eigenvalue weighted by atomic mass is 16.5. The van der Waals surface area contributed by atoms with E-state index < -0.39 is 0 Å². The summed E-state index contributed by atoms with van der Waals surface area (Å²) < 4.78 is 11.3. The van der Waals surface area contributed by atoms with Crippen LogP contribution in [0.5, 0.6) is 17.4 Å². The first-order chi connectivity index (χ1) is 13.8. The molecule has 8 nitrogen and oxygen atoms in total. The zero-order chi connectivity index (χ0) is 19.2. The minimum Gasteiger partial charge on any atom is -0.497 e. The van der Waals surface area contributed by atoms with E-state index in [1.54, 1.807) is 25.7 Å². The van der Waals surface area contributed by atoms with Crippen LogP contribution < -0.4 is 20.1 Å². The van der Waals surface area contributed by atoms with Crippen LogP contribution in [0.3, 0.4) is 0 Å². The molecule has 1 atom stereocenters. The molecule has 2 aromatic heterocycles. The monoisotopic (exact) mass is 378 g/mol. The number of hydrogen-bond acceptors (Lipinski definition) is 8. The van der Waals surface area contributed by atoms with Gasteiger partial charge in [0.1, 0.15) is 23.5 Å². The van der Waals surface area contributed by atoms with Gasteiger partial charge in [-0.3, -0.25) is 0 Å². The summed E-state index contributed by atoms with van der Waals surface area (Å²) in [5, 5.41) is 6.88. The molecule has 28 heavy (non-hydrogen) atoms. The van der Waals surface area contributed by atoms with Gasteiger partial charge in [-0.1, -0.05) is 0 Å². The molecule has 1 aliphatic heterocycles. The topological polar surface area (TPSA) is 94.1 Å². The number of hydrogen-bond donors (Lipinski definition) is 2. The van der Waals surface area contributed by atoms with E-state index in [1.165, 1.54) is 12.7 Å². The molecule has 1 aromatic carbocycles. The molecule has 0 bridgehead atoms. The Kier molecular flexibility index (Phi) is 5.58. The van der Waals surface area contributed by atoms with Crippen LogP contribution in [0.4, 0.5) is 5.69 Å². The Hall–Kier alpha value is -3.26. The lowest BCUT2D eigenvalue weighted by Crippen LogP contribution is -2.29. The van der Waals surface area contributed by atoms with E-state index in [0.717, 1.165) is 36.5 Å². The summed E-state index contributed by atoms with van der Waals surface area (Å²) in [5.74, 6) is 2.39. The second kappa shape index (κ2) is 8.62. The summed E-state index contributed by atoms with van der Waals surface area (Å²) in [6.07, 6.45) is 8.92. The Morgan fingerprint density at radius 1 is 1.11 bits per heavy atom. The summed E-state index contributed by atoms with van der Waals surface area (Å²) >= 11 is 0. The first-order valence-corrected chi connectivity index (χ1v) is 9.23. The van der Waals surface area contributed by atoms with E-state index in [1.807, 2.05) is 24.3 Å². The number of nitrogens with zero attached hydrogens (tertiary/aromatic N) is 4. The molecule has 144 valence electrons. The van der Waals surface area contributed by atoms with Crippen molar-refractivity contribution in [1.82, 2.24) is 25.3 Å². The summed E-state index contributed by atoms with van der Waals surface area (Å²) in [4.78, 5) is 17.1. The van der Waals surface area contributed by atoms with Crippen LogP contribution in [0.15, 0.2) is 49.2 Å². The minimum atomic E-state index is 0.441. The number of benzene rings is 1. The highest BCUT2D eigenvalue weighted by Crippen LogP contribution is 2.30. The van der Waals surface area contributed by atoms with Gasteiger partial charge in [-0.25, -0.2) is 15.0 Å². The van der Waals surface area contributed by atoms with Crippen LogP contribution in [0.25, 0.3) is 11.4 Å². The van der Waals surface area contributed by atoms with Crippen molar-refractivity contribution in [3.8, 4) is 28.8 Å². The molecular weight excluding hydrogens is 356 g/mol. The van der Waals surface area contributed by atoms with Crippen LogP contribution >= 0.6 is 0 Å². The summed E-state index contributed by atoms with van der Waals surface area (Å²) in [6.45, 7) is 1.85. The molecule has 3 heterocycles. The normalized spacial score (nSPS) is 16.0. The molecular formula is C20H22N6O2. The molecule has 1 saturated heterocycles. The number of anilines is 1. The molecule has 0 radical (unpaired) electrons. The van der Waals surface area contributed by atoms with Crippen molar-refractivity contribution in [2.45, 2.75) is 18.9 Å². The van der Waals surface area contributed by atoms with E-state index >= 15 is 0 Å². The number of rotatable bonds is 7. The van der Waals surface area contributed by atoms with E-state index in [4.69, 9.17) is 9.47 Å². The van der Waals surface area contributed by atoms with E-state index in [-0.39, 0.29) is 0 Å². The van der Waals surface area contributed by atoms with Gasteiger partial charge in [-0.2, -0.15) is 4.98 Å². The maximum Gasteiger partial charge on any atom is 0.246 e. The van der Waals surface area contributed by atoms with Crippen LogP contribution in [0, 0.1) is 0 Å². The third-order valence-corrected chi connectivity index (χ3v) is 4.55. The average molecular weight is 378 g/mol. The quantitative estimate of drug-likeness (QED) is 0.648. The van der Waals surface area contributed by atoms with Crippen molar-refractivity contribution in [1.29, 1.82) is 0 Å². The van der Waals surface area contributed by atoms with Crippen molar-refractivity contribution < 1.29 is 9.47 Å². The highest BCUT2D eigenvalue weighted by Gasteiger charge is 2.16. The smallest absolute Gasteiger partial charge is 0.246 e. The predicted octanol–water partition coefficient (Wildman–Crippen LogP) is 2.90. The van der Waals surface area contributed by atoms with Gasteiger partial charge in [-0.15, -0.1) is 0 Å². The van der Waals surface area contributed by atoms with Gasteiger partial charge >= 0.3 is 0 Å². The molecule has 0 amide bonds. The number of nitrogens with one attached hydrogen (secondary N) is 2. The van der Waals surface area contributed by atoms with Crippen molar-refractivity contribution >= 4 is 5.69 Å². The van der Waals surface area contributed by atoms with Crippen molar-refractivity contribution in [3.63, 3.8) is 0 Å². The second-order valence-electron chi connectivity index (χ2n) is 6.49. The summed E-state index contributed by atoms with van der Waals surface area (Å²) in [5.41, 5.74) is 1.47. The zero-order valence-electron chi connectivity index (χ0n) is 15.6. The van der Waals surface area contributed by atoms with Gasteiger partial charge in [0, 0.05) is 25.0 Å². The fourth-order valence-corrected chi connectivity index (χ4v) is 3.04. The van der Waals surface area contributed by atoms with E-state index in [9.17, 15) is 0 Å². The Morgan fingerprint density at radius 3 is 2.61 bits per heavy atom. The fourth-order valence-electron chi connectivity index (χ4n) is 3.04. The average Bonchev–Trinajstić information content (AvgIpc) is 3.28. The predicted molar refractivity (Wildman–Crippen MR) is 106 cm³/mol. The molecule has 2 N–H and O–H groups in total. The maximum absolute atomic E-state index is 6.06. The van der Waals surface area contributed by atoms with Crippen LogP contribution in [0.2, 0.25) is 0 Å². The van der Waals surface area contributed by atoms with Gasteiger partial charge in [-0.05, 0) is 43.7 Å². The summed E-state index contributed by atoms with van der Waals surface area (Å²) in [6, 6.07) is 7.81. The molecule has 0 aliphatic carbocycles. The standard InChI is InChI=1S/C20H22N6O2/c1-27-16-4-6-17(7-5-16)28-20-18(24-11-15-3-2-8-23-15)12-25-19(26-20)14-9-21-13-22-10-14/h4-7,9-10,12-13,15,23-24H,2-3,8,11H2,1H3/t15-/m0/s1. The molecule has 3 aromatic rings. The van der Waals surface area contributed by atoms with Crippen molar-refractivity contribution in [2.75, 3.05) is 25.5 Å². The minimum absolute atomic E-state index is 0.441. The van der Waals surface area contributed by atoms with Gasteiger partial charge < -0.3 is 20.1 Å². The lowest BCUT2D eigenvalue weighted by atomic mass is 10.2. The number of ether oxygens (including phenoxy) is 2. The van der Waals surface area contributed by atoms with Crippen molar-refractivity contribution in [3.05, 3.63) is 49.2 Å². The van der Waals surface area contributed by atoms with Gasteiger partial charge in [0.2, 0.25) is 5.88 Å². The largest absolute Gasteiger partial charge is 0.497 e. The molecule has 0 spiro atoms. The molecule has 1 fully saturated rings. The molecule has 4 rings (SSSR count). The van der Waals surface area contributed by atoms with Gasteiger partial charge in [0.05, 0.1) is 18.9 Å². The Morgan fingerprint density at radius 2 is 1.89 bits per heavy atom. The van der Waals surface area contributed by atoms with E-state index in [2.05, 4.69) is 30.6 Å². The van der Waals surface area contributed by atoms with Crippen molar-refractivity contribution in [2.24, 2.45) is 0 Å². The lowest BCUT2D eigenvalue weighted by Gasteiger charge is -2.16. The second-order valence-corrected chi connectivity index (χ2v) is 6.49. The zero-order valence-corrected chi connectivity index (χ0v) is 15.6. The van der Waals surface area contributed by atoms with Gasteiger partial charge in [0.25, 0.3) is 0 Å². The maximum atomic E-state index is 6.06. The van der Waals surface area contributed by atoms with Crippen LogP contribution in [-0.2, 0) is 0 Å². The molecule has 0 saturated carbocycles. The Balaban J connectivity index is 1.59. The summed E-state index contributed by atoms with van der Waals surface area (Å²) in [7, 11) is 1.63. The first-order valence-electron chi connectivity index (χ1n) is 9.23. The molecule has 8 heteroatoms. The van der Waals surface area contributed by atoms with Gasteiger partial charge in [0.15, 0.2) is 5.82 Å². The first kappa shape index (κ1) is 18.1. The third-order valence-electron chi connectivity index (χ3n) is 4.55. The van der Waals surface area contributed by atoms with Crippen LogP contribution in [0.1, 0.15) is 12.8 Å². The Labute approximate surface area is 163 Å². The highest BCUT2D eigenvalue weighted by molar-refractivity contribution is 5.59. The number of aromatic nitrogens is 4. The molecule has 1 aliphatic rings. The number of methoxy groups -OCH3 is 1. The molecule has 0 unspecified atom stereocenters. The van der Waals surface area contributed by atoms with E-state index in [0.29, 0.717) is 23.5 Å². The third kappa shape index (κ3) is 4.34. The lowest BCUT2D eigenvalue weighted by molar-refractivity contribution is 0.412. The SMILES string of the molecule is COc1ccc(Oc2nc(-c3cncnc3)ncc2NC[C@@H]2CCCN2)cc1.